The molecular formula is C19H17N3O4. The van der Waals surface area contributed by atoms with Crippen LogP contribution in [0, 0.1) is 12.3 Å². The molecule has 3 amide bonds. The number of terminal acetylenes is 1. The molecule has 26 heavy (non-hydrogen) atoms. The number of carboxylic acids is 1. The van der Waals surface area contributed by atoms with Gasteiger partial charge in [0.2, 0.25) is 0 Å². The van der Waals surface area contributed by atoms with E-state index in [-0.39, 0.29) is 16.8 Å². The van der Waals surface area contributed by atoms with Gasteiger partial charge in [-0.05, 0) is 23.8 Å². The summed E-state index contributed by atoms with van der Waals surface area (Å²) in [6, 6.07) is 11.6. The average Bonchev–Trinajstić information content (AvgIpc) is 2.66. The third kappa shape index (κ3) is 4.61. The van der Waals surface area contributed by atoms with Gasteiger partial charge in [-0.3, -0.25) is 4.79 Å². The van der Waals surface area contributed by atoms with Crippen LogP contribution in [0.4, 0.5) is 10.5 Å². The first-order valence-electron chi connectivity index (χ1n) is 7.63. The van der Waals surface area contributed by atoms with E-state index in [1.807, 2.05) is 6.07 Å². The molecule has 0 unspecified atom stereocenters. The van der Waals surface area contributed by atoms with Crippen LogP contribution in [0.3, 0.4) is 0 Å². The fourth-order valence-electron chi connectivity index (χ4n) is 2.23. The normalized spacial score (nSPS) is 10.9. The van der Waals surface area contributed by atoms with Gasteiger partial charge in [0.15, 0.2) is 0 Å². The van der Waals surface area contributed by atoms with Crippen molar-refractivity contribution in [2.75, 3.05) is 12.4 Å². The average molecular weight is 351 g/mol. The molecule has 1 atom stereocenters. The van der Waals surface area contributed by atoms with E-state index in [4.69, 9.17) is 6.42 Å². The molecular weight excluding hydrogens is 334 g/mol. The number of aromatic carboxylic acids is 1. The monoisotopic (exact) mass is 351 g/mol. The van der Waals surface area contributed by atoms with Gasteiger partial charge >= 0.3 is 12.0 Å². The van der Waals surface area contributed by atoms with Crippen LogP contribution in [0.25, 0.3) is 0 Å². The number of rotatable bonds is 5. The molecule has 0 radical (unpaired) electrons. The summed E-state index contributed by atoms with van der Waals surface area (Å²) in [4.78, 5) is 35.3. The highest BCUT2D eigenvalue weighted by atomic mass is 16.4. The molecule has 0 bridgehead atoms. The van der Waals surface area contributed by atoms with Crippen molar-refractivity contribution in [1.82, 2.24) is 10.6 Å². The van der Waals surface area contributed by atoms with Crippen LogP contribution >= 0.6 is 0 Å². The Morgan fingerprint density at radius 1 is 1.08 bits per heavy atom. The maximum Gasteiger partial charge on any atom is 0.335 e. The summed E-state index contributed by atoms with van der Waals surface area (Å²) in [5.41, 5.74) is 0.821. The molecule has 7 heteroatoms. The third-order valence-corrected chi connectivity index (χ3v) is 3.50. The highest BCUT2D eigenvalue weighted by Gasteiger charge is 2.17. The number of urea groups is 1. The zero-order chi connectivity index (χ0) is 19.1. The fraction of sp³-hybridized carbons (Fsp3) is 0.105. The lowest BCUT2D eigenvalue weighted by molar-refractivity contribution is 0.0697. The van der Waals surface area contributed by atoms with Gasteiger partial charge in [0.25, 0.3) is 5.91 Å². The van der Waals surface area contributed by atoms with Crippen molar-refractivity contribution >= 4 is 23.6 Å². The number of carbonyl (C=O) groups excluding carboxylic acids is 2. The van der Waals surface area contributed by atoms with Crippen molar-refractivity contribution in [3.8, 4) is 12.3 Å². The van der Waals surface area contributed by atoms with Crippen molar-refractivity contribution in [1.29, 1.82) is 0 Å². The minimum atomic E-state index is -1.23. The summed E-state index contributed by atoms with van der Waals surface area (Å²) in [6.45, 7) is 0. The molecule has 0 fully saturated rings. The second-order valence-electron chi connectivity index (χ2n) is 5.29. The van der Waals surface area contributed by atoms with Gasteiger partial charge in [-0.2, -0.15) is 0 Å². The second-order valence-corrected chi connectivity index (χ2v) is 5.29. The Hall–Kier alpha value is -3.79. The van der Waals surface area contributed by atoms with E-state index < -0.39 is 23.9 Å². The minimum absolute atomic E-state index is 0.0625. The van der Waals surface area contributed by atoms with Crippen LogP contribution in [0.15, 0.2) is 48.5 Å². The van der Waals surface area contributed by atoms with Crippen LogP contribution in [-0.4, -0.2) is 30.1 Å². The van der Waals surface area contributed by atoms with E-state index >= 15 is 0 Å². The molecule has 0 aliphatic heterocycles. The van der Waals surface area contributed by atoms with Crippen LogP contribution in [0.5, 0.6) is 0 Å². The zero-order valence-electron chi connectivity index (χ0n) is 13.9. The van der Waals surface area contributed by atoms with Crippen LogP contribution in [0.1, 0.15) is 32.3 Å². The Kier molecular flexibility index (Phi) is 5.96. The summed E-state index contributed by atoms with van der Waals surface area (Å²) in [5.74, 6) is 0.703. The van der Waals surface area contributed by atoms with Gasteiger partial charge in [-0.15, -0.1) is 6.42 Å². The molecule has 0 aliphatic rings. The van der Waals surface area contributed by atoms with Crippen molar-refractivity contribution in [3.63, 3.8) is 0 Å². The SMILES string of the molecule is C#C[C@@H](NC(=O)c1cc(NC(=O)NC)cc(C(=O)O)c1)c1ccccc1. The lowest BCUT2D eigenvalue weighted by Crippen LogP contribution is -2.28. The van der Waals surface area contributed by atoms with Gasteiger partial charge in [-0.1, -0.05) is 36.3 Å². The Morgan fingerprint density at radius 2 is 1.73 bits per heavy atom. The van der Waals surface area contributed by atoms with E-state index in [0.29, 0.717) is 0 Å². The van der Waals surface area contributed by atoms with E-state index in [1.54, 1.807) is 24.3 Å². The maximum atomic E-state index is 12.5. The Morgan fingerprint density at radius 3 is 2.31 bits per heavy atom. The van der Waals surface area contributed by atoms with Crippen LogP contribution < -0.4 is 16.0 Å². The summed E-state index contributed by atoms with van der Waals surface area (Å²) < 4.78 is 0. The quantitative estimate of drug-likeness (QED) is 0.620. The second kappa shape index (κ2) is 8.35. The number of hydrogen-bond donors (Lipinski definition) is 4. The highest BCUT2D eigenvalue weighted by molar-refractivity contribution is 6.00. The number of amides is 3. The summed E-state index contributed by atoms with van der Waals surface area (Å²) in [6.07, 6.45) is 5.50. The number of nitrogens with one attached hydrogen (secondary N) is 3. The van der Waals surface area contributed by atoms with Crippen LogP contribution in [0.2, 0.25) is 0 Å². The van der Waals surface area contributed by atoms with Crippen LogP contribution in [-0.2, 0) is 0 Å². The topological polar surface area (TPSA) is 108 Å². The molecule has 0 saturated carbocycles. The number of benzene rings is 2. The first-order valence-corrected chi connectivity index (χ1v) is 7.63. The molecule has 0 saturated heterocycles. The molecule has 0 aliphatic carbocycles. The fourth-order valence-corrected chi connectivity index (χ4v) is 2.23. The number of carboxylic acid groups (broad SMARTS) is 1. The molecule has 4 N–H and O–H groups in total. The minimum Gasteiger partial charge on any atom is -0.478 e. The standard InChI is InChI=1S/C19H17N3O4/c1-3-16(12-7-5-4-6-8-12)22-17(23)13-9-14(18(24)25)11-15(10-13)21-19(26)20-2/h1,4-11,16H,2H3,(H,22,23)(H,24,25)(H2,20,21,26)/t16-/m1/s1. The van der Waals surface area contributed by atoms with Crippen molar-refractivity contribution in [3.05, 3.63) is 65.2 Å². The molecule has 132 valence electrons. The van der Waals surface area contributed by atoms with E-state index in [0.717, 1.165) is 5.56 Å². The Labute approximate surface area is 150 Å². The van der Waals surface area contributed by atoms with Gasteiger partial charge < -0.3 is 21.1 Å². The van der Waals surface area contributed by atoms with Gasteiger partial charge in [-0.25, -0.2) is 9.59 Å². The van der Waals surface area contributed by atoms with E-state index in [2.05, 4.69) is 21.9 Å². The molecule has 2 rings (SSSR count). The number of hydrogen-bond acceptors (Lipinski definition) is 3. The molecule has 2 aromatic rings. The number of anilines is 1. The molecule has 2 aromatic carbocycles. The van der Waals surface area contributed by atoms with Gasteiger partial charge in [0, 0.05) is 18.3 Å². The van der Waals surface area contributed by atoms with Gasteiger partial charge in [0.1, 0.15) is 6.04 Å². The first-order chi connectivity index (χ1) is 12.4. The van der Waals surface area contributed by atoms with Crippen molar-refractivity contribution < 1.29 is 19.5 Å². The molecule has 7 nitrogen and oxygen atoms in total. The summed E-state index contributed by atoms with van der Waals surface area (Å²) in [7, 11) is 1.42. The smallest absolute Gasteiger partial charge is 0.335 e. The van der Waals surface area contributed by atoms with Crippen molar-refractivity contribution in [2.24, 2.45) is 0 Å². The van der Waals surface area contributed by atoms with E-state index in [9.17, 15) is 19.5 Å². The Balaban J connectivity index is 2.30. The first kappa shape index (κ1) is 18.5. The molecule has 0 aromatic heterocycles. The predicted octanol–water partition coefficient (Wildman–Crippen LogP) is 2.24. The summed E-state index contributed by atoms with van der Waals surface area (Å²) >= 11 is 0. The zero-order valence-corrected chi connectivity index (χ0v) is 13.9. The lowest BCUT2D eigenvalue weighted by atomic mass is 10.1. The Bertz CT molecular complexity index is 872. The lowest BCUT2D eigenvalue weighted by Gasteiger charge is -2.15. The third-order valence-electron chi connectivity index (χ3n) is 3.50. The van der Waals surface area contributed by atoms with Crippen molar-refractivity contribution in [2.45, 2.75) is 6.04 Å². The molecule has 0 heterocycles. The number of carbonyl (C=O) groups is 3. The van der Waals surface area contributed by atoms with Gasteiger partial charge in [0.05, 0.1) is 5.56 Å². The predicted molar refractivity (Wildman–Crippen MR) is 97.0 cm³/mol. The maximum absolute atomic E-state index is 12.5. The highest BCUT2D eigenvalue weighted by Crippen LogP contribution is 2.18. The molecule has 0 spiro atoms. The van der Waals surface area contributed by atoms with E-state index in [1.165, 1.54) is 25.2 Å². The summed E-state index contributed by atoms with van der Waals surface area (Å²) in [5, 5.41) is 16.7. The largest absolute Gasteiger partial charge is 0.478 e.